The van der Waals surface area contributed by atoms with Crippen LogP contribution in [0.25, 0.3) is 5.69 Å². The number of phenolic OH excluding ortho intramolecular Hbond substituents is 1. The van der Waals surface area contributed by atoms with E-state index >= 15 is 0 Å². The smallest absolute Gasteiger partial charge is 0.337 e. The van der Waals surface area contributed by atoms with Crippen LogP contribution in [0.3, 0.4) is 0 Å². The first-order valence-electron chi connectivity index (χ1n) is 4.23. The highest BCUT2D eigenvalue weighted by Gasteiger charge is 2.11. The molecule has 0 radical (unpaired) electrons. The summed E-state index contributed by atoms with van der Waals surface area (Å²) in [4.78, 5) is 14.8. The maximum atomic E-state index is 10.9. The lowest BCUT2D eigenvalue weighted by Crippen LogP contribution is -2.03. The van der Waals surface area contributed by atoms with Crippen LogP contribution in [0, 0.1) is 0 Å². The van der Waals surface area contributed by atoms with Crippen molar-refractivity contribution in [1.29, 1.82) is 0 Å². The summed E-state index contributed by atoms with van der Waals surface area (Å²) < 4.78 is 1.57. The molecular formula is C10H8N2O3. The van der Waals surface area contributed by atoms with Crippen molar-refractivity contribution in [3.8, 4) is 11.4 Å². The number of hydrogen-bond acceptors (Lipinski definition) is 3. The van der Waals surface area contributed by atoms with Crippen LogP contribution in [-0.2, 0) is 0 Å². The first-order valence-corrected chi connectivity index (χ1v) is 4.23. The van der Waals surface area contributed by atoms with Crippen molar-refractivity contribution >= 4 is 5.97 Å². The van der Waals surface area contributed by atoms with Crippen LogP contribution in [0.15, 0.2) is 36.9 Å². The lowest BCUT2D eigenvalue weighted by molar-refractivity contribution is 0.0696. The predicted molar refractivity (Wildman–Crippen MR) is 52.2 cm³/mol. The topological polar surface area (TPSA) is 75.3 Å². The van der Waals surface area contributed by atoms with Gasteiger partial charge >= 0.3 is 5.97 Å². The molecule has 0 saturated heterocycles. The Bertz CT molecular complexity index is 491. The zero-order valence-electron chi connectivity index (χ0n) is 7.66. The van der Waals surface area contributed by atoms with Crippen LogP contribution in [0.2, 0.25) is 0 Å². The fourth-order valence-corrected chi connectivity index (χ4v) is 1.32. The van der Waals surface area contributed by atoms with Gasteiger partial charge in [-0.25, -0.2) is 9.78 Å². The maximum Gasteiger partial charge on any atom is 0.337 e. The zero-order chi connectivity index (χ0) is 10.8. The number of benzene rings is 1. The van der Waals surface area contributed by atoms with Gasteiger partial charge in [-0.1, -0.05) is 0 Å². The lowest BCUT2D eigenvalue weighted by Gasteiger charge is -2.06. The highest BCUT2D eigenvalue weighted by atomic mass is 16.4. The van der Waals surface area contributed by atoms with Gasteiger partial charge in [0.2, 0.25) is 0 Å². The number of nitrogens with zero attached hydrogens (tertiary/aromatic N) is 2. The van der Waals surface area contributed by atoms with E-state index in [1.165, 1.54) is 24.5 Å². The number of carbonyl (C=O) groups is 1. The highest BCUT2D eigenvalue weighted by Crippen LogP contribution is 2.19. The van der Waals surface area contributed by atoms with Gasteiger partial charge in [-0.15, -0.1) is 0 Å². The molecule has 0 aliphatic rings. The van der Waals surface area contributed by atoms with E-state index in [1.54, 1.807) is 17.0 Å². The first kappa shape index (κ1) is 9.26. The van der Waals surface area contributed by atoms with E-state index in [9.17, 15) is 9.90 Å². The van der Waals surface area contributed by atoms with Crippen LogP contribution in [0.1, 0.15) is 10.4 Å². The Kier molecular flexibility index (Phi) is 2.13. The third-order valence-electron chi connectivity index (χ3n) is 1.99. The standard InChI is InChI=1S/C10H8N2O3/c13-7-1-2-9(8(5-7)10(14)15)12-4-3-11-6-12/h1-6,13H,(H,14,15). The minimum atomic E-state index is -1.09. The van der Waals surface area contributed by atoms with E-state index in [0.29, 0.717) is 5.69 Å². The molecule has 5 heteroatoms. The van der Waals surface area contributed by atoms with Gasteiger partial charge in [-0.2, -0.15) is 0 Å². The van der Waals surface area contributed by atoms with Crippen LogP contribution in [0.4, 0.5) is 0 Å². The van der Waals surface area contributed by atoms with E-state index in [0.717, 1.165) is 0 Å². The summed E-state index contributed by atoms with van der Waals surface area (Å²) in [6, 6.07) is 4.17. The van der Waals surface area contributed by atoms with Crippen LogP contribution in [-0.4, -0.2) is 25.7 Å². The maximum absolute atomic E-state index is 10.9. The number of aromatic nitrogens is 2. The molecule has 0 aliphatic heterocycles. The molecule has 5 nitrogen and oxygen atoms in total. The molecule has 0 fully saturated rings. The number of imidazole rings is 1. The van der Waals surface area contributed by atoms with Crippen molar-refractivity contribution in [1.82, 2.24) is 9.55 Å². The molecule has 0 spiro atoms. The van der Waals surface area contributed by atoms with Crippen molar-refractivity contribution in [2.45, 2.75) is 0 Å². The average Bonchev–Trinajstić information content (AvgIpc) is 2.70. The fraction of sp³-hybridized carbons (Fsp3) is 0. The zero-order valence-corrected chi connectivity index (χ0v) is 7.66. The quantitative estimate of drug-likeness (QED) is 0.772. The number of phenols is 1. The van der Waals surface area contributed by atoms with Gasteiger partial charge in [-0.3, -0.25) is 0 Å². The summed E-state index contributed by atoms with van der Waals surface area (Å²) in [5.41, 5.74) is 0.505. The van der Waals surface area contributed by atoms with Gasteiger partial charge < -0.3 is 14.8 Å². The lowest BCUT2D eigenvalue weighted by atomic mass is 10.1. The molecule has 2 rings (SSSR count). The molecule has 0 atom stereocenters. The largest absolute Gasteiger partial charge is 0.508 e. The molecule has 0 amide bonds. The number of aromatic carboxylic acids is 1. The molecule has 2 aromatic rings. The minimum absolute atomic E-state index is 0.0352. The van der Waals surface area contributed by atoms with E-state index < -0.39 is 5.97 Å². The molecular weight excluding hydrogens is 196 g/mol. The molecule has 0 bridgehead atoms. The molecule has 1 heterocycles. The van der Waals surface area contributed by atoms with E-state index in [2.05, 4.69) is 4.98 Å². The predicted octanol–water partition coefficient (Wildman–Crippen LogP) is 1.28. The second-order valence-electron chi connectivity index (χ2n) is 2.98. The minimum Gasteiger partial charge on any atom is -0.508 e. The Hall–Kier alpha value is -2.30. The van der Waals surface area contributed by atoms with Crippen molar-refractivity contribution in [2.75, 3.05) is 0 Å². The highest BCUT2D eigenvalue weighted by molar-refractivity contribution is 5.92. The summed E-state index contributed by atoms with van der Waals surface area (Å²) >= 11 is 0. The average molecular weight is 204 g/mol. The van der Waals surface area contributed by atoms with Gasteiger partial charge in [0.15, 0.2) is 0 Å². The summed E-state index contributed by atoms with van der Waals surface area (Å²) in [6.07, 6.45) is 4.69. The van der Waals surface area contributed by atoms with E-state index in [1.807, 2.05) is 0 Å². The van der Waals surface area contributed by atoms with Crippen molar-refractivity contribution < 1.29 is 15.0 Å². The second-order valence-corrected chi connectivity index (χ2v) is 2.98. The van der Waals surface area contributed by atoms with Crippen LogP contribution >= 0.6 is 0 Å². The van der Waals surface area contributed by atoms with Gasteiger partial charge in [0.25, 0.3) is 0 Å². The third kappa shape index (κ3) is 1.67. The second kappa shape index (κ2) is 3.45. The number of carboxylic acid groups (broad SMARTS) is 1. The Morgan fingerprint density at radius 2 is 2.20 bits per heavy atom. The molecule has 1 aromatic carbocycles. The van der Waals surface area contributed by atoms with E-state index in [4.69, 9.17) is 5.11 Å². The SMILES string of the molecule is O=C(O)c1cc(O)ccc1-n1ccnc1. The summed E-state index contributed by atoms with van der Waals surface area (Å²) in [6.45, 7) is 0. The van der Waals surface area contributed by atoms with Gasteiger partial charge in [0.1, 0.15) is 5.75 Å². The fourth-order valence-electron chi connectivity index (χ4n) is 1.32. The molecule has 0 aliphatic carbocycles. The Morgan fingerprint density at radius 3 is 2.80 bits per heavy atom. The monoisotopic (exact) mass is 204 g/mol. The molecule has 76 valence electrons. The molecule has 0 saturated carbocycles. The summed E-state index contributed by atoms with van der Waals surface area (Å²) in [5, 5.41) is 18.1. The summed E-state index contributed by atoms with van der Waals surface area (Å²) in [7, 11) is 0. The number of rotatable bonds is 2. The van der Waals surface area contributed by atoms with Gasteiger partial charge in [-0.05, 0) is 18.2 Å². The van der Waals surface area contributed by atoms with Crippen molar-refractivity contribution in [3.05, 3.63) is 42.5 Å². The molecule has 0 unspecified atom stereocenters. The Labute approximate surface area is 85.2 Å². The first-order chi connectivity index (χ1) is 7.18. The molecule has 1 aromatic heterocycles. The number of carboxylic acids is 1. The molecule has 15 heavy (non-hydrogen) atoms. The Balaban J connectivity index is 2.61. The Morgan fingerprint density at radius 1 is 1.40 bits per heavy atom. The van der Waals surface area contributed by atoms with Crippen molar-refractivity contribution in [3.63, 3.8) is 0 Å². The molecule has 2 N–H and O–H groups in total. The van der Waals surface area contributed by atoms with Gasteiger partial charge in [0.05, 0.1) is 17.6 Å². The van der Waals surface area contributed by atoms with Crippen LogP contribution < -0.4 is 0 Å². The summed E-state index contributed by atoms with van der Waals surface area (Å²) in [5.74, 6) is -1.16. The van der Waals surface area contributed by atoms with Crippen molar-refractivity contribution in [2.24, 2.45) is 0 Å². The van der Waals surface area contributed by atoms with E-state index in [-0.39, 0.29) is 11.3 Å². The number of hydrogen-bond donors (Lipinski definition) is 2. The normalized spacial score (nSPS) is 10.1. The van der Waals surface area contributed by atoms with Crippen LogP contribution in [0.5, 0.6) is 5.75 Å². The number of aromatic hydroxyl groups is 1. The third-order valence-corrected chi connectivity index (χ3v) is 1.99. The van der Waals surface area contributed by atoms with Gasteiger partial charge in [0, 0.05) is 12.4 Å².